The molecule has 2 unspecified atom stereocenters. The van der Waals surface area contributed by atoms with Gasteiger partial charge in [0.2, 0.25) is 11.1 Å². The van der Waals surface area contributed by atoms with Crippen LogP contribution in [0.15, 0.2) is 33.9 Å². The first-order chi connectivity index (χ1) is 16.8. The van der Waals surface area contributed by atoms with Gasteiger partial charge in [0.15, 0.2) is 0 Å². The van der Waals surface area contributed by atoms with Crippen LogP contribution in [0.2, 0.25) is 0 Å². The number of thioether (sulfide) groups is 2. The second-order valence-corrected chi connectivity index (χ2v) is 10.5. The van der Waals surface area contributed by atoms with E-state index in [4.69, 9.17) is 10.5 Å². The lowest BCUT2D eigenvalue weighted by molar-refractivity contribution is -0.150. The van der Waals surface area contributed by atoms with Gasteiger partial charge in [-0.3, -0.25) is 24.4 Å². The van der Waals surface area contributed by atoms with Gasteiger partial charge in [-0.1, -0.05) is 17.8 Å². The van der Waals surface area contributed by atoms with Gasteiger partial charge < -0.3 is 20.9 Å². The normalized spacial score (nSPS) is 20.2. The number of amides is 2. The average molecular weight is 539 g/mol. The Balaban J connectivity index is 1.40. The van der Waals surface area contributed by atoms with E-state index in [0.717, 1.165) is 0 Å². The van der Waals surface area contributed by atoms with Crippen molar-refractivity contribution in [1.82, 2.24) is 25.4 Å². The molecule has 1 fully saturated rings. The topological polar surface area (TPSA) is 181 Å². The second-order valence-electron chi connectivity index (χ2n) is 7.48. The number of aromatic amines is 1. The minimum atomic E-state index is -1.22. The first kappa shape index (κ1) is 25.2. The summed E-state index contributed by atoms with van der Waals surface area (Å²) in [4.78, 5) is 55.0. The van der Waals surface area contributed by atoms with E-state index in [2.05, 4.69) is 20.5 Å². The van der Waals surface area contributed by atoms with Crippen LogP contribution in [0, 0.1) is 0 Å². The van der Waals surface area contributed by atoms with E-state index < -0.39 is 41.2 Å². The average Bonchev–Trinajstić information content (AvgIpc) is 3.52. The molecule has 2 aliphatic heterocycles. The number of H-pyrrole nitrogens is 1. The molecule has 35 heavy (non-hydrogen) atoms. The zero-order chi connectivity index (χ0) is 25.1. The maximum atomic E-state index is 12.8. The van der Waals surface area contributed by atoms with Crippen molar-refractivity contribution in [1.29, 1.82) is 0 Å². The van der Waals surface area contributed by atoms with Crippen LogP contribution < -0.4 is 11.1 Å². The van der Waals surface area contributed by atoms with E-state index in [1.165, 1.54) is 39.8 Å². The first-order valence-electron chi connectivity index (χ1n) is 10.5. The molecule has 4 heterocycles. The fourth-order valence-electron chi connectivity index (χ4n) is 3.56. The SMILES string of the molecule is CCOC(=O)Cc1nc(SCC2=C(C(=O)O)N3C(=O)C(NC(=O)C(N)c4cccs4)[C@H]3SC2)n[nH]1. The van der Waals surface area contributed by atoms with Crippen molar-refractivity contribution >= 4 is 58.6 Å². The Kier molecular flexibility index (Phi) is 7.78. The number of ether oxygens (including phenoxy) is 1. The molecule has 12 nitrogen and oxygen atoms in total. The van der Waals surface area contributed by atoms with Gasteiger partial charge in [-0.25, -0.2) is 9.78 Å². The fraction of sp³-hybridized carbons (Fsp3) is 0.400. The molecule has 0 bridgehead atoms. The van der Waals surface area contributed by atoms with Crippen LogP contribution in [0.1, 0.15) is 23.7 Å². The van der Waals surface area contributed by atoms with Crippen LogP contribution in [-0.2, 0) is 30.3 Å². The number of carbonyl (C=O) groups is 4. The summed E-state index contributed by atoms with van der Waals surface area (Å²) in [5.74, 6) is -1.71. The van der Waals surface area contributed by atoms with Crippen molar-refractivity contribution in [3.8, 4) is 0 Å². The lowest BCUT2D eigenvalue weighted by Crippen LogP contribution is -2.71. The van der Waals surface area contributed by atoms with Gasteiger partial charge in [0, 0.05) is 16.4 Å². The summed E-state index contributed by atoms with van der Waals surface area (Å²) in [5, 5.41) is 20.8. The Bertz CT molecular complexity index is 1170. The molecule has 4 rings (SSSR count). The minimum absolute atomic E-state index is 0.0481. The number of carboxylic acids is 1. The smallest absolute Gasteiger partial charge is 0.352 e. The summed E-state index contributed by atoms with van der Waals surface area (Å²) < 4.78 is 4.87. The molecule has 0 radical (unpaired) electrons. The number of rotatable bonds is 10. The molecule has 15 heteroatoms. The number of hydrogen-bond donors (Lipinski definition) is 4. The van der Waals surface area contributed by atoms with E-state index in [9.17, 15) is 24.3 Å². The van der Waals surface area contributed by atoms with Crippen molar-refractivity contribution in [2.24, 2.45) is 5.73 Å². The summed E-state index contributed by atoms with van der Waals surface area (Å²) in [6.07, 6.45) is -0.0481. The molecule has 0 aliphatic carbocycles. The number of nitrogens with one attached hydrogen (secondary N) is 2. The molecule has 2 amide bonds. The van der Waals surface area contributed by atoms with Gasteiger partial charge in [0.05, 0.1) is 6.61 Å². The molecule has 0 aromatic carbocycles. The molecule has 5 N–H and O–H groups in total. The summed E-state index contributed by atoms with van der Waals surface area (Å²) in [5.41, 5.74) is 6.42. The van der Waals surface area contributed by atoms with E-state index in [-0.39, 0.29) is 24.5 Å². The van der Waals surface area contributed by atoms with Crippen molar-refractivity contribution in [3.05, 3.63) is 39.5 Å². The molecule has 2 aromatic heterocycles. The summed E-state index contributed by atoms with van der Waals surface area (Å²) >= 11 is 3.90. The predicted octanol–water partition coefficient (Wildman–Crippen LogP) is 0.503. The number of aliphatic carboxylic acids is 1. The zero-order valence-corrected chi connectivity index (χ0v) is 20.9. The number of esters is 1. The van der Waals surface area contributed by atoms with Crippen molar-refractivity contribution in [3.63, 3.8) is 0 Å². The number of thiophene rings is 1. The van der Waals surface area contributed by atoms with Gasteiger partial charge in [0.25, 0.3) is 5.91 Å². The maximum absolute atomic E-state index is 12.8. The first-order valence-corrected chi connectivity index (χ1v) is 13.4. The number of aromatic nitrogens is 3. The summed E-state index contributed by atoms with van der Waals surface area (Å²) in [6.45, 7) is 1.97. The van der Waals surface area contributed by atoms with Gasteiger partial charge in [0.1, 0.15) is 35.4 Å². The molecule has 0 saturated carbocycles. The predicted molar refractivity (Wildman–Crippen MR) is 128 cm³/mol. The highest BCUT2D eigenvalue weighted by Crippen LogP contribution is 2.41. The van der Waals surface area contributed by atoms with Crippen molar-refractivity contribution in [2.45, 2.75) is 36.0 Å². The highest BCUT2D eigenvalue weighted by Gasteiger charge is 2.54. The standard InChI is InChI=1S/C20H22N6O6S3/c1-2-32-12(27)6-11-22-20(25-24-11)35-8-9-7-34-18-14(17(29)26(18)15(9)19(30)31)23-16(28)13(21)10-4-3-5-33-10/h3-5,13-14,18H,2,6-8,21H2,1H3,(H,23,28)(H,30,31)(H,22,24,25)/t13?,14?,18-/m1/s1. The molecule has 3 atom stereocenters. The van der Waals surface area contributed by atoms with Crippen LogP contribution in [-0.4, -0.2) is 78.5 Å². The number of carbonyl (C=O) groups excluding carboxylic acids is 3. The fourth-order valence-corrected chi connectivity index (χ4v) is 6.58. The quantitative estimate of drug-likeness (QED) is 0.188. The van der Waals surface area contributed by atoms with Gasteiger partial charge >= 0.3 is 11.9 Å². The minimum Gasteiger partial charge on any atom is -0.477 e. The molecular formula is C20H22N6O6S3. The molecule has 186 valence electrons. The van der Waals surface area contributed by atoms with E-state index in [1.807, 2.05) is 0 Å². The number of carboxylic acid groups (broad SMARTS) is 1. The number of nitrogens with zero attached hydrogens (tertiary/aromatic N) is 3. The molecule has 1 saturated heterocycles. The van der Waals surface area contributed by atoms with Crippen molar-refractivity contribution in [2.75, 3.05) is 18.1 Å². The van der Waals surface area contributed by atoms with E-state index >= 15 is 0 Å². The Morgan fingerprint density at radius 3 is 2.94 bits per heavy atom. The third-order valence-electron chi connectivity index (χ3n) is 5.18. The lowest BCUT2D eigenvalue weighted by Gasteiger charge is -2.49. The monoisotopic (exact) mass is 538 g/mol. The van der Waals surface area contributed by atoms with E-state index in [0.29, 0.717) is 27.2 Å². The Labute approximate surface area is 212 Å². The van der Waals surface area contributed by atoms with Crippen molar-refractivity contribution < 1.29 is 29.0 Å². The highest BCUT2D eigenvalue weighted by atomic mass is 32.2. The molecular weight excluding hydrogens is 516 g/mol. The Hall–Kier alpha value is -2.88. The summed E-state index contributed by atoms with van der Waals surface area (Å²) in [6, 6.07) is 1.77. The third-order valence-corrected chi connectivity index (χ3v) is 8.41. The molecule has 2 aromatic rings. The van der Waals surface area contributed by atoms with Gasteiger partial charge in [-0.15, -0.1) is 28.2 Å². The number of β-lactam (4-membered cyclic amide) rings is 1. The number of hydrogen-bond acceptors (Lipinski definition) is 11. The van der Waals surface area contributed by atoms with Gasteiger partial charge in [-0.2, -0.15) is 0 Å². The van der Waals surface area contributed by atoms with Crippen LogP contribution in [0.25, 0.3) is 0 Å². The molecule has 0 spiro atoms. The van der Waals surface area contributed by atoms with Gasteiger partial charge in [-0.05, 0) is 23.9 Å². The lowest BCUT2D eigenvalue weighted by atomic mass is 10.0. The van der Waals surface area contributed by atoms with Crippen LogP contribution in [0.4, 0.5) is 0 Å². The van der Waals surface area contributed by atoms with Crippen LogP contribution in [0.5, 0.6) is 0 Å². The highest BCUT2D eigenvalue weighted by molar-refractivity contribution is 8.01. The summed E-state index contributed by atoms with van der Waals surface area (Å²) in [7, 11) is 0. The number of nitrogens with two attached hydrogens (primary N) is 1. The van der Waals surface area contributed by atoms with E-state index in [1.54, 1.807) is 24.4 Å². The van der Waals surface area contributed by atoms with Crippen LogP contribution >= 0.6 is 34.9 Å². The largest absolute Gasteiger partial charge is 0.477 e. The zero-order valence-electron chi connectivity index (χ0n) is 18.4. The Morgan fingerprint density at radius 2 is 2.26 bits per heavy atom. The Morgan fingerprint density at radius 1 is 1.46 bits per heavy atom. The maximum Gasteiger partial charge on any atom is 0.352 e. The second kappa shape index (κ2) is 10.8. The van der Waals surface area contributed by atoms with Crippen LogP contribution in [0.3, 0.4) is 0 Å². The number of fused-ring (bicyclic) bond motifs is 1. The third kappa shape index (κ3) is 5.37. The molecule has 2 aliphatic rings.